The molecule has 67 valence electrons. The minimum atomic E-state index is 0. The van der Waals surface area contributed by atoms with Crippen LogP contribution in [-0.4, -0.2) is 0 Å². The molecule has 0 fully saturated rings. The maximum absolute atomic E-state index is 3.57. The first-order chi connectivity index (χ1) is 5.29. The van der Waals surface area contributed by atoms with Gasteiger partial charge in [-0.2, -0.15) is 0 Å². The van der Waals surface area contributed by atoms with Crippen LogP contribution in [0.1, 0.15) is 14.8 Å². The van der Waals surface area contributed by atoms with Gasteiger partial charge in [0.15, 0.2) is 0 Å². The zero-order valence-corrected chi connectivity index (χ0v) is 12.2. The number of rotatable bonds is 0. The third kappa shape index (κ3) is 2.68. The monoisotopic (exact) mass is 353 g/mol. The largest absolute Gasteiger partial charge is 1.00 e. The first-order valence-electron chi connectivity index (χ1n) is 3.46. The molecule has 13 heavy (non-hydrogen) atoms. The molecule has 1 aliphatic carbocycles. The predicted octanol–water partition coefficient (Wildman–Crippen LogP) is -2.97. The number of hydrogen-bond acceptors (Lipinski definition) is 0. The molecular weight excluding hydrogens is 350 g/mol. The molecule has 2 rings (SSSR count). The normalized spacial score (nSPS) is 18.1. The van der Waals surface area contributed by atoms with Crippen LogP contribution in [0.3, 0.4) is 0 Å². The number of benzene rings is 1. The van der Waals surface area contributed by atoms with Crippen molar-refractivity contribution in [3.8, 4) is 0 Å². The molecule has 0 N–H and O–H groups in total. The third-order valence-corrected chi connectivity index (χ3v) is 5.13. The Hall–Kier alpha value is 0.903. The molecule has 0 heterocycles. The van der Waals surface area contributed by atoms with Gasteiger partial charge in [0.2, 0.25) is 0 Å². The van der Waals surface area contributed by atoms with E-state index in [1.165, 1.54) is 15.6 Å². The quantitative estimate of drug-likeness (QED) is 0.466. The smallest absolute Gasteiger partial charge is 1.00 e. The Balaban J connectivity index is 0.000000720. The second kappa shape index (κ2) is 5.70. The Labute approximate surface area is 114 Å². The van der Waals surface area contributed by atoms with Crippen LogP contribution in [0.15, 0.2) is 28.7 Å². The summed E-state index contributed by atoms with van der Waals surface area (Å²) >= 11 is 5.12. The molecule has 1 atom stereocenters. The molecular formula is C9H6BrCl2Zr. The van der Waals surface area contributed by atoms with Crippen molar-refractivity contribution in [2.75, 3.05) is 0 Å². The number of fused-ring (bicyclic) bond motifs is 1. The molecule has 1 aromatic rings. The van der Waals surface area contributed by atoms with Gasteiger partial charge < -0.3 is 24.8 Å². The van der Waals surface area contributed by atoms with Crippen molar-refractivity contribution in [3.05, 3.63) is 39.9 Å². The summed E-state index contributed by atoms with van der Waals surface area (Å²) in [6, 6.07) is 8.57. The summed E-state index contributed by atoms with van der Waals surface area (Å²) in [5, 5.41) is 0. The van der Waals surface area contributed by atoms with Gasteiger partial charge in [0.25, 0.3) is 0 Å². The molecule has 0 aromatic heterocycles. The van der Waals surface area contributed by atoms with Crippen molar-refractivity contribution >= 4 is 22.0 Å². The Bertz CT molecular complexity index is 325. The van der Waals surface area contributed by atoms with Gasteiger partial charge in [-0.05, 0) is 0 Å². The van der Waals surface area contributed by atoms with Crippen molar-refractivity contribution in [2.45, 2.75) is 3.63 Å². The van der Waals surface area contributed by atoms with E-state index >= 15 is 0 Å². The van der Waals surface area contributed by atoms with E-state index in [-0.39, 0.29) is 24.8 Å². The van der Waals surface area contributed by atoms with Crippen molar-refractivity contribution in [1.82, 2.24) is 0 Å². The van der Waals surface area contributed by atoms with Crippen molar-refractivity contribution in [1.29, 1.82) is 0 Å². The Morgan fingerprint density at radius 2 is 1.77 bits per heavy atom. The standard InChI is InChI=1S/C9H6Br.2ClH.Zr/c10-9-5-7-3-1-2-4-8(7)6-9;;;/h1-6H;2*1H;/q;;;+2/p-2. The van der Waals surface area contributed by atoms with E-state index in [2.05, 4.69) is 46.3 Å². The van der Waals surface area contributed by atoms with E-state index in [0.717, 1.165) is 0 Å². The van der Waals surface area contributed by atoms with E-state index in [4.69, 9.17) is 0 Å². The van der Waals surface area contributed by atoms with E-state index < -0.39 is 0 Å². The van der Waals surface area contributed by atoms with Crippen LogP contribution in [-0.2, 0) is 24.7 Å². The molecule has 0 amide bonds. The van der Waals surface area contributed by atoms with Crippen LogP contribution >= 0.6 is 15.9 Å². The van der Waals surface area contributed by atoms with Gasteiger partial charge in [0, 0.05) is 0 Å². The molecule has 0 bridgehead atoms. The van der Waals surface area contributed by atoms with Crippen molar-refractivity contribution < 1.29 is 49.5 Å². The van der Waals surface area contributed by atoms with Gasteiger partial charge in [-0.25, -0.2) is 0 Å². The average molecular weight is 356 g/mol. The zero-order chi connectivity index (χ0) is 7.84. The fourth-order valence-corrected chi connectivity index (χ4v) is 2.63. The van der Waals surface area contributed by atoms with Crippen molar-refractivity contribution in [3.63, 3.8) is 0 Å². The van der Waals surface area contributed by atoms with E-state index in [9.17, 15) is 0 Å². The van der Waals surface area contributed by atoms with Gasteiger partial charge in [-0.1, -0.05) is 0 Å². The molecule has 0 radical (unpaired) electrons. The fourth-order valence-electron chi connectivity index (χ4n) is 1.29. The second-order valence-electron chi connectivity index (χ2n) is 2.59. The first-order valence-corrected chi connectivity index (χ1v) is 5.67. The Morgan fingerprint density at radius 1 is 1.15 bits per heavy atom. The maximum Gasteiger partial charge on any atom is -1.00 e. The molecule has 0 spiro atoms. The summed E-state index contributed by atoms with van der Waals surface area (Å²) in [5.41, 5.74) is 2.85. The van der Waals surface area contributed by atoms with Crippen LogP contribution in [0.2, 0.25) is 0 Å². The summed E-state index contributed by atoms with van der Waals surface area (Å²) in [6.45, 7) is 0. The Morgan fingerprint density at radius 3 is 2.38 bits per heavy atom. The summed E-state index contributed by atoms with van der Waals surface area (Å²) < 4.78 is 1.97. The minimum absolute atomic E-state index is 0. The van der Waals surface area contributed by atoms with E-state index in [1.807, 2.05) is 0 Å². The van der Waals surface area contributed by atoms with Crippen LogP contribution in [0.5, 0.6) is 0 Å². The van der Waals surface area contributed by atoms with Gasteiger partial charge in [0.1, 0.15) is 0 Å². The van der Waals surface area contributed by atoms with Gasteiger partial charge >= 0.3 is 90.2 Å². The van der Waals surface area contributed by atoms with E-state index in [1.54, 1.807) is 24.7 Å². The fraction of sp³-hybridized carbons (Fsp3) is 0.111. The predicted molar refractivity (Wildman–Crippen MR) is 46.1 cm³/mol. The maximum atomic E-state index is 3.57. The van der Waals surface area contributed by atoms with Crippen LogP contribution in [0, 0.1) is 0 Å². The number of halogens is 3. The number of allylic oxidation sites excluding steroid dienone is 1. The van der Waals surface area contributed by atoms with E-state index in [0.29, 0.717) is 3.63 Å². The van der Waals surface area contributed by atoms with Gasteiger partial charge in [-0.15, -0.1) is 0 Å². The Kier molecular flexibility index (Phi) is 6.10. The first kappa shape index (κ1) is 13.9. The van der Waals surface area contributed by atoms with Gasteiger partial charge in [0.05, 0.1) is 0 Å². The topological polar surface area (TPSA) is 0 Å². The number of hydrogen-bond donors (Lipinski definition) is 0. The molecule has 1 aliphatic rings. The average Bonchev–Trinajstić information content (AvgIpc) is 2.30. The summed E-state index contributed by atoms with van der Waals surface area (Å²) in [6.07, 6.45) is 2.22. The summed E-state index contributed by atoms with van der Waals surface area (Å²) in [5.74, 6) is 0. The van der Waals surface area contributed by atoms with Crippen LogP contribution in [0.4, 0.5) is 0 Å². The molecule has 0 saturated carbocycles. The summed E-state index contributed by atoms with van der Waals surface area (Å²) in [7, 11) is 0. The van der Waals surface area contributed by atoms with Crippen molar-refractivity contribution in [2.24, 2.45) is 0 Å². The minimum Gasteiger partial charge on any atom is -1.00 e. The molecule has 1 aromatic carbocycles. The molecule has 0 nitrogen and oxygen atoms in total. The summed E-state index contributed by atoms with van der Waals surface area (Å²) in [4.78, 5) is 0. The zero-order valence-electron chi connectivity index (χ0n) is 6.60. The van der Waals surface area contributed by atoms with Gasteiger partial charge in [-0.3, -0.25) is 0 Å². The molecule has 1 unspecified atom stereocenters. The second-order valence-corrected chi connectivity index (χ2v) is 4.93. The van der Waals surface area contributed by atoms with Crippen LogP contribution in [0.25, 0.3) is 6.08 Å². The molecule has 0 saturated heterocycles. The van der Waals surface area contributed by atoms with Crippen LogP contribution < -0.4 is 24.8 Å². The third-order valence-electron chi connectivity index (χ3n) is 1.88. The SMILES string of the molecule is BrC1=Cc2ccccc2[CH]1[Zr+2].[Cl-].[Cl-]. The molecule has 0 aliphatic heterocycles. The molecule has 4 heteroatoms.